The number of aromatic nitrogens is 2. The monoisotopic (exact) mass is 422 g/mol. The van der Waals surface area contributed by atoms with Crippen LogP contribution < -0.4 is 0 Å². The maximum absolute atomic E-state index is 13.3. The van der Waals surface area contributed by atoms with Crippen LogP contribution in [-0.2, 0) is 4.74 Å². The van der Waals surface area contributed by atoms with Gasteiger partial charge in [-0.2, -0.15) is 0 Å². The Morgan fingerprint density at radius 1 is 1.03 bits per heavy atom. The fourth-order valence-electron chi connectivity index (χ4n) is 4.28. The first-order valence-electron chi connectivity index (χ1n) is 10.2. The number of nitrogens with zero attached hydrogens (tertiary/aromatic N) is 4. The molecule has 2 saturated heterocycles. The van der Waals surface area contributed by atoms with E-state index in [0.717, 1.165) is 27.1 Å². The van der Waals surface area contributed by atoms with Gasteiger partial charge in [-0.15, -0.1) is 11.3 Å². The average molecular weight is 423 g/mol. The zero-order chi connectivity index (χ0) is 20.5. The highest BCUT2D eigenvalue weighted by atomic mass is 32.1. The Hall–Kier alpha value is -2.84. The number of likely N-dealkylation sites (tertiary alicyclic amines) is 1. The highest BCUT2D eigenvalue weighted by Crippen LogP contribution is 2.40. The molecule has 0 saturated carbocycles. The third kappa shape index (κ3) is 3.46. The molecule has 154 valence electrons. The molecule has 2 amide bonds. The molecule has 0 aliphatic carbocycles. The highest BCUT2D eigenvalue weighted by Gasteiger charge is 2.34. The van der Waals surface area contributed by atoms with E-state index in [2.05, 4.69) is 9.97 Å². The SMILES string of the molecule is O=C(c1cccnc1)N1CC[C@H](c2c(C(=O)N3CCOCC3)sc3ncccc23)C1. The van der Waals surface area contributed by atoms with E-state index in [-0.39, 0.29) is 17.7 Å². The minimum Gasteiger partial charge on any atom is -0.378 e. The van der Waals surface area contributed by atoms with Crippen LogP contribution in [0.2, 0.25) is 0 Å². The molecule has 0 N–H and O–H groups in total. The Balaban J connectivity index is 1.46. The predicted molar refractivity (Wildman–Crippen MR) is 114 cm³/mol. The number of thiophene rings is 1. The standard InChI is InChI=1S/C22H22N4O3S/c27-21(15-3-1-6-23-13-15)26-8-5-16(14-26)18-17-4-2-7-24-20(17)30-19(18)22(28)25-9-11-29-12-10-25/h1-4,6-7,13,16H,5,8-12,14H2/t16-/m0/s1. The molecule has 0 unspecified atom stereocenters. The Morgan fingerprint density at radius 2 is 1.87 bits per heavy atom. The summed E-state index contributed by atoms with van der Waals surface area (Å²) >= 11 is 1.46. The van der Waals surface area contributed by atoms with Crippen LogP contribution in [0.3, 0.4) is 0 Å². The van der Waals surface area contributed by atoms with E-state index in [1.165, 1.54) is 11.3 Å². The molecule has 2 fully saturated rings. The molecule has 0 aromatic carbocycles. The number of hydrogen-bond acceptors (Lipinski definition) is 6. The van der Waals surface area contributed by atoms with Crippen molar-refractivity contribution in [1.29, 1.82) is 0 Å². The molecule has 30 heavy (non-hydrogen) atoms. The first-order chi connectivity index (χ1) is 14.7. The summed E-state index contributed by atoms with van der Waals surface area (Å²) in [6.07, 6.45) is 5.86. The summed E-state index contributed by atoms with van der Waals surface area (Å²) in [5, 5.41) is 1.03. The van der Waals surface area contributed by atoms with Gasteiger partial charge in [0.15, 0.2) is 0 Å². The van der Waals surface area contributed by atoms with E-state index in [0.29, 0.717) is 45.0 Å². The number of morpholine rings is 1. The van der Waals surface area contributed by atoms with Gasteiger partial charge in [-0.3, -0.25) is 14.6 Å². The minimum atomic E-state index is -0.00989. The largest absolute Gasteiger partial charge is 0.378 e. The third-order valence-electron chi connectivity index (χ3n) is 5.79. The molecule has 3 aromatic heterocycles. The normalized spacial score (nSPS) is 19.4. The fourth-order valence-corrected chi connectivity index (χ4v) is 5.48. The van der Waals surface area contributed by atoms with Crippen LogP contribution in [0.4, 0.5) is 0 Å². The third-order valence-corrected chi connectivity index (χ3v) is 6.91. The van der Waals surface area contributed by atoms with Crippen molar-refractivity contribution in [2.75, 3.05) is 39.4 Å². The van der Waals surface area contributed by atoms with E-state index in [1.54, 1.807) is 30.7 Å². The number of hydrogen-bond donors (Lipinski definition) is 0. The maximum atomic E-state index is 13.3. The number of fused-ring (bicyclic) bond motifs is 1. The molecule has 0 spiro atoms. The Labute approximate surface area is 178 Å². The Bertz CT molecular complexity index is 1080. The highest BCUT2D eigenvalue weighted by molar-refractivity contribution is 7.20. The summed E-state index contributed by atoms with van der Waals surface area (Å²) in [6.45, 7) is 3.62. The van der Waals surface area contributed by atoms with Crippen molar-refractivity contribution in [1.82, 2.24) is 19.8 Å². The van der Waals surface area contributed by atoms with Crippen molar-refractivity contribution in [2.24, 2.45) is 0 Å². The van der Waals surface area contributed by atoms with Gasteiger partial charge in [0.05, 0.1) is 23.7 Å². The number of pyridine rings is 2. The van der Waals surface area contributed by atoms with Gasteiger partial charge >= 0.3 is 0 Å². The lowest BCUT2D eigenvalue weighted by molar-refractivity contribution is 0.0305. The molecular formula is C22H22N4O3S. The van der Waals surface area contributed by atoms with Gasteiger partial charge in [0, 0.05) is 56.1 Å². The average Bonchev–Trinajstić information content (AvgIpc) is 3.44. The van der Waals surface area contributed by atoms with Crippen LogP contribution in [0, 0.1) is 0 Å². The molecule has 2 aliphatic heterocycles. The lowest BCUT2D eigenvalue weighted by Crippen LogP contribution is -2.40. The summed E-state index contributed by atoms with van der Waals surface area (Å²) in [6, 6.07) is 7.52. The lowest BCUT2D eigenvalue weighted by atomic mass is 9.95. The second kappa shape index (κ2) is 8.12. The molecule has 0 radical (unpaired) electrons. The van der Waals surface area contributed by atoms with Crippen molar-refractivity contribution in [2.45, 2.75) is 12.3 Å². The van der Waals surface area contributed by atoms with Gasteiger partial charge in [-0.25, -0.2) is 4.98 Å². The van der Waals surface area contributed by atoms with Gasteiger partial charge in [0.1, 0.15) is 4.83 Å². The van der Waals surface area contributed by atoms with Crippen molar-refractivity contribution in [3.8, 4) is 0 Å². The predicted octanol–water partition coefficient (Wildman–Crippen LogP) is 2.79. The van der Waals surface area contributed by atoms with E-state index in [9.17, 15) is 9.59 Å². The van der Waals surface area contributed by atoms with Crippen molar-refractivity contribution in [3.05, 3.63) is 58.9 Å². The van der Waals surface area contributed by atoms with E-state index in [1.807, 2.05) is 21.9 Å². The zero-order valence-corrected chi connectivity index (χ0v) is 17.3. The Morgan fingerprint density at radius 3 is 2.67 bits per heavy atom. The summed E-state index contributed by atoms with van der Waals surface area (Å²) in [5.74, 6) is 0.154. The van der Waals surface area contributed by atoms with Crippen LogP contribution in [0.25, 0.3) is 10.2 Å². The quantitative estimate of drug-likeness (QED) is 0.649. The first-order valence-corrected chi connectivity index (χ1v) is 11.0. The van der Waals surface area contributed by atoms with Crippen LogP contribution >= 0.6 is 11.3 Å². The molecule has 2 aliphatic rings. The van der Waals surface area contributed by atoms with Gasteiger partial charge in [-0.05, 0) is 30.2 Å². The second-order valence-electron chi connectivity index (χ2n) is 7.58. The van der Waals surface area contributed by atoms with Gasteiger partial charge in [0.25, 0.3) is 11.8 Å². The summed E-state index contributed by atoms with van der Waals surface area (Å²) in [4.78, 5) is 40.1. The Kier molecular flexibility index (Phi) is 5.18. The van der Waals surface area contributed by atoms with E-state index in [4.69, 9.17) is 4.74 Å². The van der Waals surface area contributed by atoms with Gasteiger partial charge in [0.2, 0.25) is 0 Å². The molecule has 0 bridgehead atoms. The lowest BCUT2D eigenvalue weighted by Gasteiger charge is -2.27. The number of amides is 2. The van der Waals surface area contributed by atoms with Crippen LogP contribution in [0.15, 0.2) is 42.9 Å². The number of ether oxygens (including phenoxy) is 1. The van der Waals surface area contributed by atoms with E-state index < -0.39 is 0 Å². The van der Waals surface area contributed by atoms with Crippen molar-refractivity contribution >= 4 is 33.4 Å². The topological polar surface area (TPSA) is 75.6 Å². The van der Waals surface area contributed by atoms with Crippen LogP contribution in [0.1, 0.15) is 37.9 Å². The molecule has 3 aromatic rings. The minimum absolute atomic E-state index is 0.00989. The van der Waals surface area contributed by atoms with Crippen molar-refractivity contribution in [3.63, 3.8) is 0 Å². The fraction of sp³-hybridized carbons (Fsp3) is 0.364. The number of carbonyl (C=O) groups is 2. The molecule has 1 atom stereocenters. The maximum Gasteiger partial charge on any atom is 0.264 e. The van der Waals surface area contributed by atoms with E-state index >= 15 is 0 Å². The molecule has 7 nitrogen and oxygen atoms in total. The van der Waals surface area contributed by atoms with Gasteiger partial charge < -0.3 is 14.5 Å². The molecular weight excluding hydrogens is 400 g/mol. The summed E-state index contributed by atoms with van der Waals surface area (Å²) in [7, 11) is 0. The number of carbonyl (C=O) groups excluding carboxylic acids is 2. The zero-order valence-electron chi connectivity index (χ0n) is 16.5. The first kappa shape index (κ1) is 19.1. The smallest absolute Gasteiger partial charge is 0.264 e. The number of rotatable bonds is 3. The van der Waals surface area contributed by atoms with Crippen LogP contribution in [-0.4, -0.2) is 71.0 Å². The summed E-state index contributed by atoms with van der Waals surface area (Å²) < 4.78 is 5.41. The molecule has 5 heterocycles. The molecule has 5 rings (SSSR count). The van der Waals surface area contributed by atoms with Gasteiger partial charge in [-0.1, -0.05) is 6.07 Å². The molecule has 8 heteroatoms. The second-order valence-corrected chi connectivity index (χ2v) is 8.58. The summed E-state index contributed by atoms with van der Waals surface area (Å²) in [5.41, 5.74) is 1.64. The van der Waals surface area contributed by atoms with Crippen LogP contribution in [0.5, 0.6) is 0 Å². The van der Waals surface area contributed by atoms with Crippen molar-refractivity contribution < 1.29 is 14.3 Å².